The molecule has 2 rings (SSSR count). The zero-order valence-corrected chi connectivity index (χ0v) is 11.5. The maximum absolute atomic E-state index is 5.66. The Morgan fingerprint density at radius 3 is 2.58 bits per heavy atom. The molecule has 0 aliphatic carbocycles. The molecule has 0 radical (unpaired) electrons. The van der Waals surface area contributed by atoms with Gasteiger partial charge in [0, 0.05) is 11.3 Å². The van der Waals surface area contributed by atoms with Crippen molar-refractivity contribution in [3.63, 3.8) is 0 Å². The third-order valence-corrected chi connectivity index (χ3v) is 3.11. The molecule has 0 aliphatic heterocycles. The number of aromatic amines is 1. The van der Waals surface area contributed by atoms with Crippen LogP contribution in [0.3, 0.4) is 0 Å². The lowest BCUT2D eigenvalue weighted by Gasteiger charge is -2.14. The molecule has 0 amide bonds. The molecular formula is C14H19N3O2. The van der Waals surface area contributed by atoms with Gasteiger partial charge in [0.25, 0.3) is 0 Å². The lowest BCUT2D eigenvalue weighted by Crippen LogP contribution is -2.05. The summed E-state index contributed by atoms with van der Waals surface area (Å²) in [4.78, 5) is 0. The second-order valence-corrected chi connectivity index (χ2v) is 4.32. The highest BCUT2D eigenvalue weighted by Gasteiger charge is 2.14. The van der Waals surface area contributed by atoms with Gasteiger partial charge in [-0.25, -0.2) is 0 Å². The Morgan fingerprint density at radius 2 is 2.05 bits per heavy atom. The van der Waals surface area contributed by atoms with Crippen LogP contribution in [-0.2, 0) is 6.42 Å². The molecule has 5 heteroatoms. The van der Waals surface area contributed by atoms with Crippen molar-refractivity contribution in [1.29, 1.82) is 0 Å². The van der Waals surface area contributed by atoms with Gasteiger partial charge in [-0.3, -0.25) is 5.10 Å². The van der Waals surface area contributed by atoms with Crippen LogP contribution in [0.4, 0.5) is 0 Å². The fourth-order valence-corrected chi connectivity index (χ4v) is 2.18. The number of hydrogen-bond donors (Lipinski definition) is 2. The van der Waals surface area contributed by atoms with Crippen LogP contribution in [0.5, 0.6) is 11.5 Å². The minimum atomic E-state index is 0.563. The summed E-state index contributed by atoms with van der Waals surface area (Å²) < 4.78 is 10.8. The molecule has 1 aromatic carbocycles. The monoisotopic (exact) mass is 261 g/mol. The Labute approximate surface area is 112 Å². The van der Waals surface area contributed by atoms with Crippen molar-refractivity contribution in [2.45, 2.75) is 13.3 Å². The van der Waals surface area contributed by atoms with E-state index in [9.17, 15) is 0 Å². The molecule has 0 fully saturated rings. The van der Waals surface area contributed by atoms with Crippen molar-refractivity contribution in [2.24, 2.45) is 5.73 Å². The van der Waals surface area contributed by atoms with Gasteiger partial charge in [0.05, 0.1) is 20.4 Å². The van der Waals surface area contributed by atoms with Crippen LogP contribution in [0.15, 0.2) is 18.3 Å². The van der Waals surface area contributed by atoms with E-state index in [0.29, 0.717) is 12.3 Å². The number of benzene rings is 1. The Bertz CT molecular complexity index is 564. The van der Waals surface area contributed by atoms with Crippen molar-refractivity contribution in [1.82, 2.24) is 10.2 Å². The predicted octanol–water partition coefficient (Wildman–Crippen LogP) is 1.90. The van der Waals surface area contributed by atoms with Crippen LogP contribution >= 0.6 is 0 Å². The summed E-state index contributed by atoms with van der Waals surface area (Å²) in [6.07, 6.45) is 2.55. The molecule has 1 aromatic heterocycles. The van der Waals surface area contributed by atoms with Gasteiger partial charge in [0.2, 0.25) is 0 Å². The molecule has 19 heavy (non-hydrogen) atoms. The zero-order valence-electron chi connectivity index (χ0n) is 11.5. The minimum absolute atomic E-state index is 0.563. The second-order valence-electron chi connectivity index (χ2n) is 4.32. The van der Waals surface area contributed by atoms with Gasteiger partial charge >= 0.3 is 0 Å². The maximum Gasteiger partial charge on any atom is 0.163 e. The van der Waals surface area contributed by atoms with Crippen molar-refractivity contribution < 1.29 is 9.47 Å². The van der Waals surface area contributed by atoms with Crippen LogP contribution in [0, 0.1) is 6.92 Å². The third-order valence-electron chi connectivity index (χ3n) is 3.11. The predicted molar refractivity (Wildman–Crippen MR) is 74.6 cm³/mol. The molecular weight excluding hydrogens is 242 g/mol. The Hall–Kier alpha value is -2.01. The van der Waals surface area contributed by atoms with Crippen LogP contribution in [0.25, 0.3) is 11.1 Å². The normalized spacial score (nSPS) is 10.5. The smallest absolute Gasteiger partial charge is 0.163 e. The minimum Gasteiger partial charge on any atom is -0.493 e. The quantitative estimate of drug-likeness (QED) is 0.862. The number of nitrogens with one attached hydrogen (secondary N) is 1. The third kappa shape index (κ3) is 2.56. The average molecular weight is 261 g/mol. The van der Waals surface area contributed by atoms with E-state index in [4.69, 9.17) is 15.2 Å². The second kappa shape index (κ2) is 5.75. The first-order chi connectivity index (χ1) is 9.21. The fraction of sp³-hybridized carbons (Fsp3) is 0.357. The number of nitrogens with two attached hydrogens (primary N) is 1. The molecule has 1 heterocycles. The average Bonchev–Trinajstić information content (AvgIpc) is 2.84. The van der Waals surface area contributed by atoms with E-state index in [2.05, 4.69) is 16.3 Å². The molecule has 0 spiro atoms. The van der Waals surface area contributed by atoms with Crippen LogP contribution in [-0.4, -0.2) is 31.0 Å². The number of H-pyrrole nitrogens is 1. The number of methoxy groups -OCH3 is 2. The van der Waals surface area contributed by atoms with Gasteiger partial charge in [-0.1, -0.05) is 0 Å². The van der Waals surface area contributed by atoms with Crippen molar-refractivity contribution >= 4 is 0 Å². The highest BCUT2D eigenvalue weighted by molar-refractivity contribution is 5.70. The van der Waals surface area contributed by atoms with Gasteiger partial charge in [-0.15, -0.1) is 0 Å². The Morgan fingerprint density at radius 1 is 1.26 bits per heavy atom. The van der Waals surface area contributed by atoms with Crippen LogP contribution < -0.4 is 15.2 Å². The topological polar surface area (TPSA) is 73.2 Å². The molecule has 3 N–H and O–H groups in total. The number of ether oxygens (including phenoxy) is 2. The first kappa shape index (κ1) is 13.4. The maximum atomic E-state index is 5.66. The summed E-state index contributed by atoms with van der Waals surface area (Å²) in [7, 11) is 3.27. The number of aryl methyl sites for hydroxylation is 1. The van der Waals surface area contributed by atoms with E-state index in [1.807, 2.05) is 19.2 Å². The lowest BCUT2D eigenvalue weighted by atomic mass is 10.0. The van der Waals surface area contributed by atoms with Gasteiger partial charge < -0.3 is 15.2 Å². The van der Waals surface area contributed by atoms with Gasteiger partial charge in [0.15, 0.2) is 11.5 Å². The van der Waals surface area contributed by atoms with E-state index >= 15 is 0 Å². The molecule has 0 saturated heterocycles. The standard InChI is InChI=1S/C14H19N3O2/c1-9-12(8-16-17-9)11-6-10(4-5-15)14(19-3)13(7-11)18-2/h6-8H,4-5,15H2,1-3H3,(H,16,17). The molecule has 0 saturated carbocycles. The first-order valence-electron chi connectivity index (χ1n) is 6.16. The van der Waals surface area contributed by atoms with Crippen molar-refractivity contribution in [2.75, 3.05) is 20.8 Å². The molecule has 0 atom stereocenters. The van der Waals surface area contributed by atoms with E-state index in [1.165, 1.54) is 0 Å². The summed E-state index contributed by atoms with van der Waals surface area (Å²) in [5, 5.41) is 6.99. The first-order valence-corrected chi connectivity index (χ1v) is 6.16. The summed E-state index contributed by atoms with van der Waals surface area (Å²) in [5.41, 5.74) is 9.82. The van der Waals surface area contributed by atoms with Crippen molar-refractivity contribution in [3.8, 4) is 22.6 Å². The molecule has 2 aromatic rings. The molecule has 0 unspecified atom stereocenters. The SMILES string of the molecule is COc1cc(-c2cn[nH]c2C)cc(CCN)c1OC. The fourth-order valence-electron chi connectivity index (χ4n) is 2.18. The van der Waals surface area contributed by atoms with Gasteiger partial charge in [-0.2, -0.15) is 5.10 Å². The Balaban J connectivity index is 2.57. The highest BCUT2D eigenvalue weighted by atomic mass is 16.5. The van der Waals surface area contributed by atoms with E-state index in [-0.39, 0.29) is 0 Å². The number of rotatable bonds is 5. The summed E-state index contributed by atoms with van der Waals surface area (Å²) in [6, 6.07) is 4.03. The highest BCUT2D eigenvalue weighted by Crippen LogP contribution is 2.37. The van der Waals surface area contributed by atoms with Gasteiger partial charge in [-0.05, 0) is 43.1 Å². The molecule has 102 valence electrons. The van der Waals surface area contributed by atoms with Crippen LogP contribution in [0.1, 0.15) is 11.3 Å². The summed E-state index contributed by atoms with van der Waals surface area (Å²) >= 11 is 0. The molecule has 5 nitrogen and oxygen atoms in total. The van der Waals surface area contributed by atoms with Crippen LogP contribution in [0.2, 0.25) is 0 Å². The van der Waals surface area contributed by atoms with E-state index < -0.39 is 0 Å². The number of nitrogens with zero attached hydrogens (tertiary/aromatic N) is 1. The number of aromatic nitrogens is 2. The zero-order chi connectivity index (χ0) is 13.8. The largest absolute Gasteiger partial charge is 0.493 e. The van der Waals surface area contributed by atoms with Gasteiger partial charge in [0.1, 0.15) is 0 Å². The summed E-state index contributed by atoms with van der Waals surface area (Å²) in [6.45, 7) is 2.55. The molecule has 0 aliphatic rings. The number of hydrogen-bond acceptors (Lipinski definition) is 4. The summed E-state index contributed by atoms with van der Waals surface area (Å²) in [5.74, 6) is 1.46. The molecule has 0 bridgehead atoms. The van der Waals surface area contributed by atoms with Crippen molar-refractivity contribution in [3.05, 3.63) is 29.6 Å². The lowest BCUT2D eigenvalue weighted by molar-refractivity contribution is 0.352. The van der Waals surface area contributed by atoms with E-state index in [1.54, 1.807) is 14.2 Å². The Kier molecular flexibility index (Phi) is 4.06. The van der Waals surface area contributed by atoms with E-state index in [0.717, 1.165) is 34.6 Å².